The van der Waals surface area contributed by atoms with E-state index in [-0.39, 0.29) is 6.54 Å². The van der Waals surface area contributed by atoms with Crippen LogP contribution in [0.5, 0.6) is 0 Å². The van der Waals surface area contributed by atoms with E-state index in [0.717, 1.165) is 21.7 Å². The highest BCUT2D eigenvalue weighted by molar-refractivity contribution is 7.22. The minimum absolute atomic E-state index is 0.0763. The maximum atomic E-state index is 10.8. The quantitative estimate of drug-likeness (QED) is 0.801. The third kappa shape index (κ3) is 2.55. The highest BCUT2D eigenvalue weighted by atomic mass is 32.1. The molecular weight excluding hydrogens is 300 g/mol. The van der Waals surface area contributed by atoms with E-state index in [9.17, 15) is 4.79 Å². The summed E-state index contributed by atoms with van der Waals surface area (Å²) in [6.45, 7) is 3.90. The zero-order valence-electron chi connectivity index (χ0n) is 12.6. The molecule has 114 valence electrons. The van der Waals surface area contributed by atoms with Crippen molar-refractivity contribution in [2.75, 3.05) is 18.5 Å². The molecular formula is C15H16N4O2S. The summed E-state index contributed by atoms with van der Waals surface area (Å²) in [7, 11) is 1.73. The standard InChI is InChI=1S/C15H16N4O2S/c1-9-4-6-11(7-5-9)19-14-13(10(2)17-19)22-15(16-14)18(3)8-12(20)21/h4-7H,8H2,1-3H3,(H,20,21). The third-order valence-corrected chi connectivity index (χ3v) is 4.62. The molecule has 0 aliphatic heterocycles. The van der Waals surface area contributed by atoms with Crippen molar-refractivity contribution in [3.63, 3.8) is 0 Å². The van der Waals surface area contributed by atoms with Gasteiger partial charge in [-0.05, 0) is 26.0 Å². The van der Waals surface area contributed by atoms with Gasteiger partial charge in [0.05, 0.1) is 16.1 Å². The molecule has 0 saturated heterocycles. The lowest BCUT2D eigenvalue weighted by molar-refractivity contribution is -0.135. The summed E-state index contributed by atoms with van der Waals surface area (Å²) < 4.78 is 2.78. The lowest BCUT2D eigenvalue weighted by Gasteiger charge is -2.11. The minimum Gasteiger partial charge on any atom is -0.480 e. The summed E-state index contributed by atoms with van der Waals surface area (Å²) in [6, 6.07) is 8.06. The number of likely N-dealkylation sites (N-methyl/N-ethyl adjacent to an activating group) is 1. The molecule has 0 saturated carbocycles. The molecule has 0 atom stereocenters. The number of thiazole rings is 1. The van der Waals surface area contributed by atoms with Crippen LogP contribution in [-0.2, 0) is 4.79 Å². The zero-order chi connectivity index (χ0) is 15.9. The van der Waals surface area contributed by atoms with E-state index in [1.54, 1.807) is 16.6 Å². The topological polar surface area (TPSA) is 71.2 Å². The van der Waals surface area contributed by atoms with Crippen LogP contribution in [0.2, 0.25) is 0 Å². The number of hydrogen-bond acceptors (Lipinski definition) is 5. The summed E-state index contributed by atoms with van der Waals surface area (Å²) in [5, 5.41) is 14.1. The Morgan fingerprint density at radius 1 is 1.32 bits per heavy atom. The molecule has 22 heavy (non-hydrogen) atoms. The number of carboxylic acid groups (broad SMARTS) is 1. The molecule has 2 aromatic heterocycles. The smallest absolute Gasteiger partial charge is 0.323 e. The zero-order valence-corrected chi connectivity index (χ0v) is 13.4. The lowest BCUT2D eigenvalue weighted by Crippen LogP contribution is -2.24. The molecule has 0 bridgehead atoms. The van der Waals surface area contributed by atoms with Gasteiger partial charge in [-0.25, -0.2) is 4.68 Å². The first-order valence-corrected chi connectivity index (χ1v) is 7.63. The average molecular weight is 316 g/mol. The molecule has 0 aliphatic carbocycles. The number of anilines is 1. The van der Waals surface area contributed by atoms with Gasteiger partial charge >= 0.3 is 5.97 Å². The van der Waals surface area contributed by atoms with Crippen molar-refractivity contribution >= 4 is 32.8 Å². The second-order valence-corrected chi connectivity index (χ2v) is 6.21. The normalized spacial score (nSPS) is 11.0. The number of hydrogen-bond donors (Lipinski definition) is 1. The molecule has 3 aromatic rings. The Morgan fingerprint density at radius 3 is 2.64 bits per heavy atom. The van der Waals surface area contributed by atoms with Gasteiger partial charge < -0.3 is 10.0 Å². The van der Waals surface area contributed by atoms with E-state index >= 15 is 0 Å². The van der Waals surface area contributed by atoms with E-state index in [4.69, 9.17) is 5.11 Å². The second kappa shape index (κ2) is 5.42. The van der Waals surface area contributed by atoms with Gasteiger partial charge in [0, 0.05) is 7.05 Å². The van der Waals surface area contributed by atoms with Crippen LogP contribution < -0.4 is 4.90 Å². The largest absolute Gasteiger partial charge is 0.480 e. The maximum absolute atomic E-state index is 10.8. The summed E-state index contributed by atoms with van der Waals surface area (Å²) in [5.41, 5.74) is 3.78. The van der Waals surface area contributed by atoms with Gasteiger partial charge in [-0.15, -0.1) is 0 Å². The van der Waals surface area contributed by atoms with Crippen molar-refractivity contribution in [3.05, 3.63) is 35.5 Å². The van der Waals surface area contributed by atoms with E-state index in [0.29, 0.717) is 5.13 Å². The van der Waals surface area contributed by atoms with Crippen LogP contribution in [-0.4, -0.2) is 39.4 Å². The van der Waals surface area contributed by atoms with Crippen LogP contribution in [0.1, 0.15) is 11.3 Å². The molecule has 0 spiro atoms. The molecule has 0 unspecified atom stereocenters. The van der Waals surface area contributed by atoms with Gasteiger partial charge in [-0.3, -0.25) is 4.79 Å². The predicted octanol–water partition coefficient (Wildman–Crippen LogP) is 2.62. The Balaban J connectivity index is 2.07. The lowest BCUT2D eigenvalue weighted by atomic mass is 10.2. The second-order valence-electron chi connectivity index (χ2n) is 5.23. The minimum atomic E-state index is -0.876. The molecule has 0 aliphatic rings. The van der Waals surface area contributed by atoms with Gasteiger partial charge in [0.1, 0.15) is 6.54 Å². The number of nitrogens with zero attached hydrogens (tertiary/aromatic N) is 4. The van der Waals surface area contributed by atoms with Crippen LogP contribution in [0.15, 0.2) is 24.3 Å². The van der Waals surface area contributed by atoms with E-state index in [1.807, 2.05) is 38.1 Å². The van der Waals surface area contributed by atoms with Gasteiger partial charge in [-0.1, -0.05) is 29.0 Å². The fourth-order valence-corrected chi connectivity index (χ4v) is 3.17. The number of aryl methyl sites for hydroxylation is 2. The van der Waals surface area contributed by atoms with Crippen molar-refractivity contribution in [2.45, 2.75) is 13.8 Å². The molecule has 1 N–H and O–H groups in total. The van der Waals surface area contributed by atoms with Crippen molar-refractivity contribution in [3.8, 4) is 5.69 Å². The maximum Gasteiger partial charge on any atom is 0.323 e. The summed E-state index contributed by atoms with van der Waals surface area (Å²) in [6.07, 6.45) is 0. The van der Waals surface area contributed by atoms with Crippen LogP contribution in [0.3, 0.4) is 0 Å². The molecule has 7 heteroatoms. The molecule has 3 rings (SSSR count). The van der Waals surface area contributed by atoms with E-state index < -0.39 is 5.97 Å². The van der Waals surface area contributed by atoms with Crippen molar-refractivity contribution in [1.29, 1.82) is 0 Å². The number of benzene rings is 1. The Morgan fingerprint density at radius 2 is 2.00 bits per heavy atom. The van der Waals surface area contributed by atoms with Crippen LogP contribution in [0.4, 0.5) is 5.13 Å². The van der Waals surface area contributed by atoms with Crippen molar-refractivity contribution in [1.82, 2.24) is 14.8 Å². The summed E-state index contributed by atoms with van der Waals surface area (Å²) in [4.78, 5) is 17.0. The van der Waals surface area contributed by atoms with Crippen LogP contribution in [0.25, 0.3) is 16.0 Å². The molecule has 2 heterocycles. The Labute approximate surface area is 131 Å². The monoisotopic (exact) mass is 316 g/mol. The van der Waals surface area contributed by atoms with Gasteiger partial charge in [-0.2, -0.15) is 10.1 Å². The molecule has 1 aromatic carbocycles. The predicted molar refractivity (Wildman–Crippen MR) is 87.1 cm³/mol. The number of rotatable bonds is 4. The number of aromatic nitrogens is 3. The number of carboxylic acids is 1. The van der Waals surface area contributed by atoms with E-state index in [1.165, 1.54) is 16.9 Å². The first-order valence-electron chi connectivity index (χ1n) is 6.82. The molecule has 0 amide bonds. The van der Waals surface area contributed by atoms with Crippen molar-refractivity contribution < 1.29 is 9.90 Å². The molecule has 6 nitrogen and oxygen atoms in total. The highest BCUT2D eigenvalue weighted by Gasteiger charge is 2.17. The first-order chi connectivity index (χ1) is 10.5. The van der Waals surface area contributed by atoms with Crippen LogP contribution in [0, 0.1) is 13.8 Å². The Bertz CT molecular complexity index is 835. The van der Waals surface area contributed by atoms with Crippen molar-refractivity contribution in [2.24, 2.45) is 0 Å². The first kappa shape index (κ1) is 14.5. The highest BCUT2D eigenvalue weighted by Crippen LogP contribution is 2.31. The fraction of sp³-hybridized carbons (Fsp3) is 0.267. The van der Waals surface area contributed by atoms with Gasteiger partial charge in [0.15, 0.2) is 10.8 Å². The average Bonchev–Trinajstić information content (AvgIpc) is 3.00. The molecule has 0 radical (unpaired) electrons. The summed E-state index contributed by atoms with van der Waals surface area (Å²) in [5.74, 6) is -0.876. The Hall–Kier alpha value is -2.41. The van der Waals surface area contributed by atoms with Crippen LogP contribution >= 0.6 is 11.3 Å². The fourth-order valence-electron chi connectivity index (χ4n) is 2.22. The summed E-state index contributed by atoms with van der Waals surface area (Å²) >= 11 is 1.46. The van der Waals surface area contributed by atoms with Gasteiger partial charge in [0.25, 0.3) is 0 Å². The number of carbonyl (C=O) groups is 1. The Kier molecular flexibility index (Phi) is 3.58. The van der Waals surface area contributed by atoms with E-state index in [2.05, 4.69) is 10.1 Å². The SMILES string of the molecule is Cc1ccc(-n2nc(C)c3sc(N(C)CC(=O)O)nc32)cc1. The number of aliphatic carboxylic acids is 1. The number of fused-ring (bicyclic) bond motifs is 1. The molecule has 0 fully saturated rings. The third-order valence-electron chi connectivity index (χ3n) is 3.35. The van der Waals surface area contributed by atoms with Gasteiger partial charge in [0.2, 0.25) is 0 Å².